The Morgan fingerprint density at radius 2 is 0.975 bits per heavy atom. The molecule has 0 aliphatic heterocycles. The van der Waals surface area contributed by atoms with Crippen LogP contribution in [-0.2, 0) is 13.1 Å². The molecule has 6 heteroatoms. The van der Waals surface area contributed by atoms with E-state index in [0.29, 0.717) is 0 Å². The Balaban J connectivity index is 0.00000216. The third kappa shape index (κ3) is 9.89. The van der Waals surface area contributed by atoms with Crippen molar-refractivity contribution in [3.05, 3.63) is 83.7 Å². The molecule has 0 saturated heterocycles. The molecule has 0 aliphatic carbocycles. The smallest absolute Gasteiger partial charge is 0.120 e. The summed E-state index contributed by atoms with van der Waals surface area (Å²) >= 11 is 0. The van der Waals surface area contributed by atoms with Gasteiger partial charge in [0.15, 0.2) is 0 Å². The van der Waals surface area contributed by atoms with Crippen LogP contribution in [0.2, 0.25) is 0 Å². The van der Waals surface area contributed by atoms with E-state index in [9.17, 15) is 0 Å². The summed E-state index contributed by atoms with van der Waals surface area (Å²) in [7, 11) is 0. The van der Waals surface area contributed by atoms with Gasteiger partial charge in [-0.05, 0) is 46.2 Å². The van der Waals surface area contributed by atoms with Gasteiger partial charge in [0.25, 0.3) is 0 Å². The van der Waals surface area contributed by atoms with Gasteiger partial charge in [-0.25, -0.2) is 9.97 Å². The van der Waals surface area contributed by atoms with Crippen LogP contribution in [-0.4, -0.2) is 33.0 Å². The zero-order chi connectivity index (χ0) is 29.2. The monoisotopic (exact) mass is 534 g/mol. The zero-order valence-corrected chi connectivity index (χ0v) is 24.7. The Hall–Kier alpha value is -4.10. The topological polar surface area (TPSA) is 81.4 Å². The maximum absolute atomic E-state index is 4.51. The van der Waals surface area contributed by atoms with Crippen molar-refractivity contribution in [1.29, 1.82) is 0 Å². The van der Waals surface area contributed by atoms with E-state index in [1.54, 1.807) is 0 Å². The molecular formula is C34H42N6. The molecule has 2 heterocycles. The van der Waals surface area contributed by atoms with Gasteiger partial charge in [-0.1, -0.05) is 77.6 Å². The van der Waals surface area contributed by atoms with Crippen LogP contribution in [0.25, 0.3) is 22.5 Å². The highest BCUT2D eigenvalue weighted by molar-refractivity contribution is 5.62. The standard InChI is InChI=1S/C32H40N6.C2H2/c1-31(2,3)21-33-19-29-35-17-27(37-29)25-13-9-23(10-14-25)7-8-24-11-15-26(16-12-24)28-18-36-30(38-28)20-34-22-32(4,5)6;1-2/h9-18,33-34H,19-22H2,1-6H3,(H,35,37)(H,36,38);1-2H. The predicted octanol–water partition coefficient (Wildman–Crippen LogP) is 6.39. The summed E-state index contributed by atoms with van der Waals surface area (Å²) in [6.45, 7) is 16.7. The first-order valence-electron chi connectivity index (χ1n) is 13.6. The van der Waals surface area contributed by atoms with Crippen molar-refractivity contribution in [3.8, 4) is 47.2 Å². The van der Waals surface area contributed by atoms with E-state index in [1.165, 1.54) is 0 Å². The second-order valence-electron chi connectivity index (χ2n) is 12.2. The number of hydrogen-bond acceptors (Lipinski definition) is 4. The molecule has 4 N–H and O–H groups in total. The van der Waals surface area contributed by atoms with Crippen LogP contribution >= 0.6 is 0 Å². The summed E-state index contributed by atoms with van der Waals surface area (Å²) in [5.74, 6) is 8.43. The molecule has 0 saturated carbocycles. The fourth-order valence-electron chi connectivity index (χ4n) is 3.92. The molecule has 0 atom stereocenters. The normalized spacial score (nSPS) is 11.3. The Kier molecular flexibility index (Phi) is 10.5. The molecule has 0 fully saturated rings. The number of rotatable bonds is 8. The van der Waals surface area contributed by atoms with E-state index in [1.807, 2.05) is 12.4 Å². The third-order valence-corrected chi connectivity index (χ3v) is 5.90. The Morgan fingerprint density at radius 3 is 1.30 bits per heavy atom. The molecule has 0 aliphatic rings. The minimum Gasteiger partial charge on any atom is -0.341 e. The number of imidazole rings is 2. The number of benzene rings is 2. The summed E-state index contributed by atoms with van der Waals surface area (Å²) in [4.78, 5) is 15.8. The molecule has 2 aromatic carbocycles. The molecule has 0 bridgehead atoms. The van der Waals surface area contributed by atoms with Crippen LogP contribution < -0.4 is 10.6 Å². The first-order chi connectivity index (χ1) is 19.0. The molecule has 0 amide bonds. The van der Waals surface area contributed by atoms with Crippen LogP contribution in [0.15, 0.2) is 60.9 Å². The van der Waals surface area contributed by atoms with Crippen molar-refractivity contribution in [2.24, 2.45) is 10.8 Å². The van der Waals surface area contributed by atoms with Crippen molar-refractivity contribution in [1.82, 2.24) is 30.6 Å². The molecule has 208 valence electrons. The van der Waals surface area contributed by atoms with Crippen LogP contribution in [0.5, 0.6) is 0 Å². The van der Waals surface area contributed by atoms with Gasteiger partial charge >= 0.3 is 0 Å². The van der Waals surface area contributed by atoms with Crippen molar-refractivity contribution in [2.45, 2.75) is 54.6 Å². The largest absolute Gasteiger partial charge is 0.341 e. The number of hydrogen-bond donors (Lipinski definition) is 4. The summed E-state index contributed by atoms with van der Waals surface area (Å²) in [6, 6.07) is 16.5. The Bertz CT molecular complexity index is 1310. The van der Waals surface area contributed by atoms with Crippen molar-refractivity contribution in [3.63, 3.8) is 0 Å². The average Bonchev–Trinajstić information content (AvgIpc) is 3.58. The lowest BCUT2D eigenvalue weighted by Crippen LogP contribution is -2.26. The van der Waals surface area contributed by atoms with Crippen LogP contribution in [0.1, 0.15) is 64.3 Å². The summed E-state index contributed by atoms with van der Waals surface area (Å²) in [6.07, 6.45) is 11.8. The number of aromatic amines is 2. The molecular weight excluding hydrogens is 492 g/mol. The minimum atomic E-state index is 0.252. The van der Waals surface area contributed by atoms with Gasteiger partial charge in [-0.15, -0.1) is 12.8 Å². The molecule has 40 heavy (non-hydrogen) atoms. The highest BCUT2D eigenvalue weighted by atomic mass is 15.0. The quantitative estimate of drug-likeness (QED) is 0.198. The molecule has 0 spiro atoms. The lowest BCUT2D eigenvalue weighted by atomic mass is 9.97. The highest BCUT2D eigenvalue weighted by Crippen LogP contribution is 2.20. The van der Waals surface area contributed by atoms with Gasteiger partial charge in [-0.3, -0.25) is 0 Å². The second kappa shape index (κ2) is 13.8. The Labute approximate surface area is 239 Å². The van der Waals surface area contributed by atoms with Crippen LogP contribution in [0, 0.1) is 35.5 Å². The van der Waals surface area contributed by atoms with E-state index in [2.05, 4.69) is 145 Å². The van der Waals surface area contributed by atoms with E-state index in [4.69, 9.17) is 0 Å². The third-order valence-electron chi connectivity index (χ3n) is 5.90. The lowest BCUT2D eigenvalue weighted by molar-refractivity contribution is 0.377. The maximum atomic E-state index is 4.51. The summed E-state index contributed by atoms with van der Waals surface area (Å²) in [5.41, 5.74) is 6.68. The van der Waals surface area contributed by atoms with E-state index in [-0.39, 0.29) is 10.8 Å². The molecule has 6 nitrogen and oxygen atoms in total. The zero-order valence-electron chi connectivity index (χ0n) is 24.7. The predicted molar refractivity (Wildman–Crippen MR) is 166 cm³/mol. The number of terminal acetylenes is 1. The number of nitrogens with one attached hydrogen (secondary N) is 4. The minimum absolute atomic E-state index is 0.252. The lowest BCUT2D eigenvalue weighted by Gasteiger charge is -2.18. The van der Waals surface area contributed by atoms with E-state index in [0.717, 1.165) is 71.5 Å². The van der Waals surface area contributed by atoms with Crippen LogP contribution in [0.4, 0.5) is 0 Å². The summed E-state index contributed by atoms with van der Waals surface area (Å²) < 4.78 is 0. The van der Waals surface area contributed by atoms with Gasteiger partial charge in [0.1, 0.15) is 11.6 Å². The molecule has 4 aromatic rings. The first-order valence-corrected chi connectivity index (χ1v) is 13.6. The van der Waals surface area contributed by atoms with E-state index < -0.39 is 0 Å². The van der Waals surface area contributed by atoms with Crippen molar-refractivity contribution in [2.75, 3.05) is 13.1 Å². The highest BCUT2D eigenvalue weighted by Gasteiger charge is 2.11. The second-order valence-corrected chi connectivity index (χ2v) is 12.2. The first kappa shape index (κ1) is 30.4. The van der Waals surface area contributed by atoms with Crippen molar-refractivity contribution >= 4 is 0 Å². The number of aromatic nitrogens is 4. The molecule has 4 rings (SSSR count). The summed E-state index contributed by atoms with van der Waals surface area (Å²) in [5, 5.41) is 6.91. The van der Waals surface area contributed by atoms with E-state index >= 15 is 0 Å². The van der Waals surface area contributed by atoms with Gasteiger partial charge in [0.05, 0.1) is 36.9 Å². The Morgan fingerprint density at radius 1 is 0.625 bits per heavy atom. The van der Waals surface area contributed by atoms with Crippen LogP contribution in [0.3, 0.4) is 0 Å². The molecule has 0 radical (unpaired) electrons. The molecule has 2 aromatic heterocycles. The fraction of sp³-hybridized carbons (Fsp3) is 0.353. The van der Waals surface area contributed by atoms with Gasteiger partial charge in [0.2, 0.25) is 0 Å². The fourth-order valence-corrected chi connectivity index (χ4v) is 3.92. The van der Waals surface area contributed by atoms with Gasteiger partial charge < -0.3 is 20.6 Å². The number of nitrogens with zero attached hydrogens (tertiary/aromatic N) is 2. The molecule has 0 unspecified atom stereocenters. The average molecular weight is 535 g/mol. The maximum Gasteiger partial charge on any atom is 0.120 e. The van der Waals surface area contributed by atoms with Gasteiger partial charge in [-0.2, -0.15) is 0 Å². The van der Waals surface area contributed by atoms with Gasteiger partial charge in [0, 0.05) is 24.2 Å². The number of H-pyrrole nitrogens is 2. The SMILES string of the molecule is C#C.CC(C)(C)CNCc1ncc(-c2ccc(C#Cc3ccc(-c4cnc(CNCC(C)(C)C)[nH]4)cc3)cc2)[nH]1. The van der Waals surface area contributed by atoms with Crippen molar-refractivity contribution < 1.29 is 0 Å².